The van der Waals surface area contributed by atoms with E-state index in [-0.39, 0.29) is 74.8 Å². The zero-order chi connectivity index (χ0) is 57.2. The molecule has 0 spiro atoms. The first kappa shape index (κ1) is 59.9. The number of aromatic nitrogens is 3. The third-order valence-electron chi connectivity index (χ3n) is 13.0. The van der Waals surface area contributed by atoms with E-state index in [1.54, 1.807) is 36.5 Å². The number of amides is 9. The quantitative estimate of drug-likeness (QED) is 0.0297. The maximum atomic E-state index is 15.2. The molecule has 29 heteroatoms. The van der Waals surface area contributed by atoms with Gasteiger partial charge >= 0.3 is 0 Å². The Morgan fingerprint density at radius 1 is 0.759 bits per heavy atom. The van der Waals surface area contributed by atoms with Gasteiger partial charge in [-0.15, -0.1) is 11.8 Å². The number of hydrogen-bond acceptors (Lipinski definition) is 14. The molecular formula is C50H68N18O9S2. The number of aromatic amines is 2. The number of nitrogens with zero attached hydrogens (tertiary/aromatic N) is 1. The highest BCUT2D eigenvalue weighted by Crippen LogP contribution is 2.36. The molecule has 79 heavy (non-hydrogen) atoms. The molecule has 2 fully saturated rings. The first-order chi connectivity index (χ1) is 37.7. The van der Waals surface area contributed by atoms with E-state index < -0.39 is 112 Å². The van der Waals surface area contributed by atoms with Crippen molar-refractivity contribution in [1.82, 2.24) is 68.1 Å². The van der Waals surface area contributed by atoms with Crippen molar-refractivity contribution < 1.29 is 43.2 Å². The van der Waals surface area contributed by atoms with Crippen molar-refractivity contribution in [2.24, 2.45) is 17.2 Å². The summed E-state index contributed by atoms with van der Waals surface area (Å²) in [4.78, 5) is 138. The van der Waals surface area contributed by atoms with Crippen LogP contribution in [0.3, 0.4) is 0 Å². The van der Waals surface area contributed by atoms with Crippen LogP contribution in [0.4, 0.5) is 0 Å². The maximum Gasteiger partial charge on any atom is 0.244 e. The van der Waals surface area contributed by atoms with E-state index in [1.165, 1.54) is 26.4 Å². The van der Waals surface area contributed by atoms with Gasteiger partial charge in [0.25, 0.3) is 0 Å². The Morgan fingerprint density at radius 2 is 1.42 bits per heavy atom. The number of guanidine groups is 2. The van der Waals surface area contributed by atoms with Crippen LogP contribution < -0.4 is 70.4 Å². The van der Waals surface area contributed by atoms with E-state index in [4.69, 9.17) is 28.0 Å². The molecule has 0 saturated carbocycles. The fraction of sp³-hybridized carbons (Fsp3) is 0.440. The normalized spacial score (nSPS) is 24.2. The molecule has 0 aliphatic carbocycles. The van der Waals surface area contributed by atoms with Crippen LogP contribution in [0, 0.1) is 10.8 Å². The molecule has 6 rings (SSSR count). The molecule has 9 amide bonds. The fourth-order valence-corrected chi connectivity index (χ4v) is 11.9. The van der Waals surface area contributed by atoms with E-state index >= 15 is 9.59 Å². The summed E-state index contributed by atoms with van der Waals surface area (Å²) >= 11 is 2.14. The summed E-state index contributed by atoms with van der Waals surface area (Å²) in [6.07, 6.45) is 4.12. The van der Waals surface area contributed by atoms with Gasteiger partial charge in [-0.3, -0.25) is 54.0 Å². The molecule has 9 atom stereocenters. The Morgan fingerprint density at radius 3 is 2.11 bits per heavy atom. The predicted molar refractivity (Wildman–Crippen MR) is 297 cm³/mol. The molecule has 2 bridgehead atoms. The summed E-state index contributed by atoms with van der Waals surface area (Å²) < 4.78 is -1.39. The third kappa shape index (κ3) is 17.9. The molecule has 2 aliphatic heterocycles. The molecule has 424 valence electrons. The highest BCUT2D eigenvalue weighted by Gasteiger charge is 2.43. The number of carbonyl (C=O) groups is 9. The standard InChI is InChI=1S/C50H68N18O9S2/c1-26-41(71)63-36(17-30-20-56-25-60-30)45(75)64-34(15-28-9-4-3-5-10-28)43(73)66-37-18-50(23-59-49(54)55,24-78-21-39(47(77)61-26)68-42(72)33(62-27(2)69)13-8-14-57-48(52)53)79-22-38(40(51)70)67-44(74)35(65-46(37)76)16-29-19-58-32-12-7-6-11-31(29)32/h3-7,9-12,19-20,25-26,33-39,58H,8,13-18,21-24H2,1-2H3,(H2,51,70)(H,56,60)(H,61,77)(H,62,69)(H,63,71)(H,64,75)(H,65,76)(H,66,73)(H,67,74)(H,68,72)(H4,52,53,57)(H4,54,55,59)/t26-,33+,34-,35+,36+,37+,38+,39+,50?/m1/s1. The van der Waals surface area contributed by atoms with Crippen LogP contribution in [0.1, 0.15) is 49.9 Å². The minimum absolute atomic E-state index is 0.0455. The van der Waals surface area contributed by atoms with Crippen LogP contribution in [-0.4, -0.2) is 163 Å². The van der Waals surface area contributed by atoms with E-state index in [0.29, 0.717) is 16.8 Å². The number of fused-ring (bicyclic) bond motifs is 3. The van der Waals surface area contributed by atoms with Crippen LogP contribution >= 0.6 is 23.5 Å². The van der Waals surface area contributed by atoms with Gasteiger partial charge in [0.1, 0.15) is 48.3 Å². The van der Waals surface area contributed by atoms with E-state index in [1.807, 2.05) is 24.3 Å². The Balaban J connectivity index is 1.46. The minimum Gasteiger partial charge on any atom is -0.370 e. The summed E-state index contributed by atoms with van der Waals surface area (Å²) in [6.45, 7) is 2.52. The van der Waals surface area contributed by atoms with Gasteiger partial charge in [-0.2, -0.15) is 11.8 Å². The number of H-pyrrole nitrogens is 2. The van der Waals surface area contributed by atoms with Gasteiger partial charge in [-0.05, 0) is 43.4 Å². The number of nitrogens with two attached hydrogens (primary N) is 3. The summed E-state index contributed by atoms with van der Waals surface area (Å²) in [5, 5.41) is 43.6. The van der Waals surface area contributed by atoms with Crippen LogP contribution in [-0.2, 0) is 62.4 Å². The molecule has 27 nitrogen and oxygen atoms in total. The average Bonchev–Trinajstić information content (AvgIpc) is 4.12. The lowest BCUT2D eigenvalue weighted by molar-refractivity contribution is -0.135. The molecular weight excluding hydrogens is 1060 g/mol. The van der Waals surface area contributed by atoms with Crippen molar-refractivity contribution in [3.05, 3.63) is 90.1 Å². The van der Waals surface area contributed by atoms with Gasteiger partial charge in [0.2, 0.25) is 53.2 Å². The van der Waals surface area contributed by atoms with Gasteiger partial charge in [0.15, 0.2) is 11.9 Å². The zero-order valence-electron chi connectivity index (χ0n) is 43.5. The van der Waals surface area contributed by atoms with Crippen molar-refractivity contribution >= 4 is 99.5 Å². The molecule has 4 heterocycles. The lowest BCUT2D eigenvalue weighted by Crippen LogP contribution is -2.62. The molecule has 2 aromatic carbocycles. The average molecular weight is 1130 g/mol. The van der Waals surface area contributed by atoms with Crippen molar-refractivity contribution in [3.8, 4) is 0 Å². The number of para-hydroxylation sites is 1. The van der Waals surface area contributed by atoms with Crippen LogP contribution in [0.2, 0.25) is 0 Å². The number of imidazole rings is 1. The van der Waals surface area contributed by atoms with Crippen LogP contribution in [0.15, 0.2) is 73.3 Å². The highest BCUT2D eigenvalue weighted by atomic mass is 32.2. The molecule has 2 saturated heterocycles. The van der Waals surface area contributed by atoms with Crippen molar-refractivity contribution in [1.29, 1.82) is 10.8 Å². The Kier molecular flexibility index (Phi) is 21.5. The van der Waals surface area contributed by atoms with Gasteiger partial charge in [-0.25, -0.2) is 4.98 Å². The first-order valence-electron chi connectivity index (χ1n) is 25.3. The number of rotatable bonds is 16. The van der Waals surface area contributed by atoms with Gasteiger partial charge < -0.3 is 80.3 Å². The molecule has 2 aromatic heterocycles. The Labute approximate surface area is 462 Å². The molecule has 20 N–H and O–H groups in total. The number of benzene rings is 2. The summed E-state index contributed by atoms with van der Waals surface area (Å²) in [6, 6.07) is 4.97. The number of hydrogen-bond donors (Lipinski definition) is 17. The topological polar surface area (TPSA) is 444 Å². The smallest absolute Gasteiger partial charge is 0.244 e. The maximum absolute atomic E-state index is 15.2. The Hall–Kier alpha value is -8.34. The van der Waals surface area contributed by atoms with Crippen molar-refractivity contribution in [2.75, 3.05) is 30.3 Å². The van der Waals surface area contributed by atoms with Gasteiger partial charge in [-0.1, -0.05) is 48.5 Å². The molecule has 4 aromatic rings. The summed E-state index contributed by atoms with van der Waals surface area (Å²) in [5.41, 5.74) is 19.7. The SMILES string of the molecule is CC(=O)N[C@@H](CCCNC(=N)N)C(=O)N[C@H]1CSCC2(CNC(=N)N)C[C@H](NC(=O)[C@@H](Cc3ccccc3)NC(=O)[C@H](Cc3cnc[nH]3)NC(=O)[C@@H](C)NC1=O)C(=O)N[C@@H](Cc1c[nH]c3ccccc13)C(=O)N[C@H](C(N)=O)CS2. The highest BCUT2D eigenvalue weighted by molar-refractivity contribution is 8.04. The number of thioether (sulfide) groups is 2. The largest absolute Gasteiger partial charge is 0.370 e. The minimum atomic E-state index is -1.55. The number of primary amides is 1. The lowest BCUT2D eigenvalue weighted by atomic mass is 9.97. The number of nitrogens with one attached hydrogen (secondary N) is 14. The predicted octanol–water partition coefficient (Wildman–Crippen LogP) is -3.31. The van der Waals surface area contributed by atoms with Crippen LogP contribution in [0.25, 0.3) is 10.9 Å². The third-order valence-corrected chi connectivity index (χ3v) is 16.1. The van der Waals surface area contributed by atoms with Crippen molar-refractivity contribution in [2.45, 2.75) is 105 Å². The second-order valence-corrected chi connectivity index (χ2v) is 21.8. The molecule has 2 aliphatic rings. The van der Waals surface area contributed by atoms with E-state index in [9.17, 15) is 33.6 Å². The van der Waals surface area contributed by atoms with E-state index in [2.05, 4.69) is 68.1 Å². The molecule has 1 unspecified atom stereocenters. The zero-order valence-corrected chi connectivity index (χ0v) is 45.1. The van der Waals surface area contributed by atoms with Crippen LogP contribution in [0.5, 0.6) is 0 Å². The Bertz CT molecular complexity index is 2860. The summed E-state index contributed by atoms with van der Waals surface area (Å²) in [5.74, 6) is -8.58. The summed E-state index contributed by atoms with van der Waals surface area (Å²) in [7, 11) is 0. The van der Waals surface area contributed by atoms with Gasteiger partial charge in [0.05, 0.1) is 6.33 Å². The number of carbonyl (C=O) groups excluding carboxylic acids is 9. The second kappa shape index (κ2) is 28.3. The lowest BCUT2D eigenvalue weighted by Gasteiger charge is -2.37. The van der Waals surface area contributed by atoms with E-state index in [0.717, 1.165) is 34.4 Å². The first-order valence-corrected chi connectivity index (χ1v) is 27.5. The fourth-order valence-electron chi connectivity index (χ4n) is 8.87. The monoisotopic (exact) mass is 1130 g/mol. The van der Waals surface area contributed by atoms with Crippen molar-refractivity contribution in [3.63, 3.8) is 0 Å². The van der Waals surface area contributed by atoms with Gasteiger partial charge in [0, 0.05) is 90.3 Å². The molecule has 0 radical (unpaired) electrons. The second-order valence-electron chi connectivity index (χ2n) is 19.3.